The molecule has 2 saturated heterocycles. The monoisotopic (exact) mass is 970 g/mol. The van der Waals surface area contributed by atoms with Gasteiger partial charge in [0.2, 0.25) is 11.8 Å². The summed E-state index contributed by atoms with van der Waals surface area (Å²) < 4.78 is 4.12. The third kappa shape index (κ3) is 7.93. The molecule has 8 heterocycles. The van der Waals surface area contributed by atoms with Crippen LogP contribution < -0.4 is 26.0 Å². The highest BCUT2D eigenvalue weighted by molar-refractivity contribution is 9.10. The molecule has 1 aromatic carbocycles. The summed E-state index contributed by atoms with van der Waals surface area (Å²) in [6.07, 6.45) is 8.90. The number of halogens is 1. The summed E-state index contributed by atoms with van der Waals surface area (Å²) >= 11 is 3.51. The number of nitrogens with zero attached hydrogens (tertiary/aromatic N) is 8. The number of imide groups is 2. The van der Waals surface area contributed by atoms with Gasteiger partial charge in [-0.3, -0.25) is 48.8 Å². The molecule has 3 N–H and O–H groups in total. The number of hydrogen-bond donors (Lipinski definition) is 3. The topological polar surface area (TPSA) is 195 Å². The number of aromatic nitrogens is 4. The number of hydrogen-bond acceptors (Lipinski definition) is 12. The summed E-state index contributed by atoms with van der Waals surface area (Å²) in [4.78, 5) is 95.0. The van der Waals surface area contributed by atoms with E-state index < -0.39 is 29.7 Å². The zero-order valence-corrected chi connectivity index (χ0v) is 39.4. The van der Waals surface area contributed by atoms with Gasteiger partial charge in [-0.15, -0.1) is 0 Å². The summed E-state index contributed by atoms with van der Waals surface area (Å²) in [5.41, 5.74) is 7.42. The molecule has 17 nitrogen and oxygen atoms in total. The van der Waals surface area contributed by atoms with Gasteiger partial charge in [0.1, 0.15) is 29.1 Å². The second kappa shape index (κ2) is 17.0. The largest absolute Gasteiger partial charge is 0.392 e. The minimum absolute atomic E-state index is 0.0577. The predicted molar refractivity (Wildman–Crippen MR) is 253 cm³/mol. The average Bonchev–Trinajstić information content (AvgIpc) is 3.89. The SMILES string of the molecule is CN(Cc1cc(Br)c2c(c1)C(=O)N(C1CCC(=O)NC1=O)C2=O)C1CCN(c2ccc(Nc3cc(-c4ccnc(N5CCn6c(cc7c6CC(C)(C)C7)C5=O)c4CO)cn(C)c3=O)nc2)CC1. The first-order chi connectivity index (χ1) is 32.1. The van der Waals surface area contributed by atoms with Crippen LogP contribution in [0.5, 0.6) is 0 Å². The van der Waals surface area contributed by atoms with Gasteiger partial charge in [-0.05, 0) is 120 Å². The number of piperidine rings is 2. The Balaban J connectivity index is 0.785. The molecule has 0 saturated carbocycles. The number of carbonyl (C=O) groups is 5. The van der Waals surface area contributed by atoms with Crippen LogP contribution in [0.15, 0.2) is 70.3 Å². The Labute approximate surface area is 394 Å². The van der Waals surface area contributed by atoms with Gasteiger partial charge in [0.25, 0.3) is 23.3 Å². The molecule has 1 unspecified atom stereocenters. The second-order valence-corrected chi connectivity index (χ2v) is 20.0. The standard InChI is InChI=1S/C49H51BrN10O7/c1-49(2)21-28-20-38-47(66)59(16-15-58(38)39(28)22-49)43-34(26-61)32(9-12-51-43)29-19-36(46(65)56(4)25-29)53-40-7-5-31(23-52-40)57-13-10-30(11-14-57)55(3)24-27-17-33-42(35(50)18-27)48(67)60(45(33)64)37-6-8-41(62)54-44(37)63/h5,7,9,12,17-20,23,25,30,37,61H,6,8,10-11,13-16,21-22,24,26H2,1-4H3,(H,52,53)(H,54,62,63). The highest BCUT2D eigenvalue weighted by Crippen LogP contribution is 2.41. The second-order valence-electron chi connectivity index (χ2n) is 19.1. The molecule has 5 aromatic rings. The van der Waals surface area contributed by atoms with Gasteiger partial charge >= 0.3 is 0 Å². The van der Waals surface area contributed by atoms with Crippen molar-refractivity contribution in [2.75, 3.05) is 41.8 Å². The Morgan fingerprint density at radius 1 is 0.910 bits per heavy atom. The summed E-state index contributed by atoms with van der Waals surface area (Å²) in [5.74, 6) is -1.39. The molecule has 4 aromatic heterocycles. The van der Waals surface area contributed by atoms with Crippen LogP contribution in [-0.2, 0) is 49.2 Å². The first-order valence-corrected chi connectivity index (χ1v) is 23.4. The number of nitrogens with one attached hydrogen (secondary N) is 2. The van der Waals surface area contributed by atoms with Gasteiger partial charge in [0.15, 0.2) is 0 Å². The van der Waals surface area contributed by atoms with Gasteiger partial charge < -0.3 is 24.5 Å². The Morgan fingerprint density at radius 3 is 2.43 bits per heavy atom. The van der Waals surface area contributed by atoms with E-state index in [0.717, 1.165) is 54.9 Å². The van der Waals surface area contributed by atoms with Gasteiger partial charge in [-0.25, -0.2) is 9.97 Å². The van der Waals surface area contributed by atoms with E-state index in [2.05, 4.69) is 64.7 Å². The maximum atomic E-state index is 14.0. The van der Waals surface area contributed by atoms with Crippen molar-refractivity contribution in [1.29, 1.82) is 0 Å². The lowest BCUT2D eigenvalue weighted by atomic mass is 9.90. The van der Waals surface area contributed by atoms with Crippen LogP contribution in [0, 0.1) is 5.41 Å². The van der Waals surface area contributed by atoms with E-state index in [4.69, 9.17) is 0 Å². The average molecular weight is 972 g/mol. The lowest BCUT2D eigenvalue weighted by Gasteiger charge is -2.37. The summed E-state index contributed by atoms with van der Waals surface area (Å²) in [6, 6.07) is 12.2. The van der Waals surface area contributed by atoms with Crippen LogP contribution in [0.25, 0.3) is 11.1 Å². The molecule has 2 fully saturated rings. The van der Waals surface area contributed by atoms with Crippen molar-refractivity contribution in [2.24, 2.45) is 12.5 Å². The smallest absolute Gasteiger partial charge is 0.276 e. The number of amides is 5. The lowest BCUT2D eigenvalue weighted by molar-refractivity contribution is -0.136. The van der Waals surface area contributed by atoms with E-state index in [0.29, 0.717) is 63.8 Å². The van der Waals surface area contributed by atoms with Crippen LogP contribution in [0.2, 0.25) is 0 Å². The van der Waals surface area contributed by atoms with Crippen LogP contribution in [0.1, 0.15) is 93.1 Å². The van der Waals surface area contributed by atoms with E-state index >= 15 is 0 Å². The highest BCUT2D eigenvalue weighted by atomic mass is 79.9. The maximum absolute atomic E-state index is 14.0. The Kier molecular flexibility index (Phi) is 11.2. The number of aliphatic hydroxyl groups excluding tert-OH is 1. The van der Waals surface area contributed by atoms with Crippen molar-refractivity contribution in [3.63, 3.8) is 0 Å². The predicted octanol–water partition coefficient (Wildman–Crippen LogP) is 4.93. The van der Waals surface area contributed by atoms with Gasteiger partial charge in [-0.1, -0.05) is 13.8 Å². The molecule has 0 bridgehead atoms. The molecule has 1 atom stereocenters. The summed E-state index contributed by atoms with van der Waals surface area (Å²) in [7, 11) is 3.72. The van der Waals surface area contributed by atoms with E-state index in [-0.39, 0.29) is 53.5 Å². The van der Waals surface area contributed by atoms with Crippen LogP contribution in [-0.4, -0.2) is 102 Å². The van der Waals surface area contributed by atoms with Crippen molar-refractivity contribution < 1.29 is 29.1 Å². The van der Waals surface area contributed by atoms with Crippen molar-refractivity contribution in [2.45, 2.75) is 84.2 Å². The normalized spacial score (nSPS) is 19.3. The summed E-state index contributed by atoms with van der Waals surface area (Å²) in [6.45, 7) is 7.31. The highest BCUT2D eigenvalue weighted by Gasteiger charge is 2.46. The molecule has 4 aliphatic heterocycles. The quantitative estimate of drug-likeness (QED) is 0.160. The fraction of sp³-hybridized carbons (Fsp3) is 0.388. The molecule has 0 radical (unpaired) electrons. The minimum Gasteiger partial charge on any atom is -0.392 e. The third-order valence-electron chi connectivity index (χ3n) is 14.0. The van der Waals surface area contributed by atoms with Crippen LogP contribution in [0.3, 0.4) is 0 Å². The Morgan fingerprint density at radius 2 is 1.70 bits per heavy atom. The van der Waals surface area contributed by atoms with E-state index in [9.17, 15) is 33.9 Å². The minimum atomic E-state index is -1.03. The lowest BCUT2D eigenvalue weighted by Crippen LogP contribution is -2.54. The Hall–Kier alpha value is -6.50. The fourth-order valence-electron chi connectivity index (χ4n) is 10.7. The fourth-order valence-corrected chi connectivity index (χ4v) is 11.3. The number of aliphatic hydroxyl groups is 1. The molecule has 0 spiro atoms. The number of anilines is 4. The molecule has 5 amide bonds. The van der Waals surface area contributed by atoms with Gasteiger partial charge in [0, 0.05) is 85.9 Å². The number of carbonyl (C=O) groups excluding carboxylic acids is 5. The first kappa shape index (κ1) is 44.3. The van der Waals surface area contributed by atoms with Crippen LogP contribution >= 0.6 is 15.9 Å². The maximum Gasteiger partial charge on any atom is 0.276 e. The molecule has 1 aliphatic carbocycles. The number of pyridine rings is 3. The molecule has 5 aliphatic rings. The zero-order chi connectivity index (χ0) is 47.1. The zero-order valence-electron chi connectivity index (χ0n) is 37.8. The van der Waals surface area contributed by atoms with E-state index in [1.807, 2.05) is 31.3 Å². The van der Waals surface area contributed by atoms with E-state index in [1.165, 1.54) is 15.8 Å². The molecular weight excluding hydrogens is 921 g/mol. The molecular formula is C49H51BrN10O7. The molecule has 67 heavy (non-hydrogen) atoms. The summed E-state index contributed by atoms with van der Waals surface area (Å²) in [5, 5.41) is 16.2. The number of benzene rings is 1. The van der Waals surface area contributed by atoms with Crippen molar-refractivity contribution in [3.05, 3.63) is 115 Å². The van der Waals surface area contributed by atoms with Gasteiger partial charge in [-0.2, -0.15) is 0 Å². The first-order valence-electron chi connectivity index (χ1n) is 22.6. The van der Waals surface area contributed by atoms with Crippen molar-refractivity contribution >= 4 is 68.5 Å². The Bertz CT molecular complexity index is 2970. The molecule has 18 heteroatoms. The van der Waals surface area contributed by atoms with Gasteiger partial charge in [0.05, 0.1) is 29.6 Å². The number of fused-ring (bicyclic) bond motifs is 4. The number of rotatable bonds is 10. The molecule has 10 rings (SSSR count). The van der Waals surface area contributed by atoms with Crippen molar-refractivity contribution in [1.82, 2.24) is 34.2 Å². The third-order valence-corrected chi connectivity index (χ3v) is 14.6. The molecule has 346 valence electrons. The van der Waals surface area contributed by atoms with E-state index in [1.54, 1.807) is 48.7 Å². The number of aryl methyl sites for hydroxylation is 1. The van der Waals surface area contributed by atoms with Crippen molar-refractivity contribution in [3.8, 4) is 11.1 Å². The van der Waals surface area contributed by atoms with Crippen LogP contribution in [0.4, 0.5) is 23.0 Å².